The van der Waals surface area contributed by atoms with E-state index in [1.165, 1.54) is 10.5 Å². The standard InChI is InChI=1S/C14H17NO2S/c1-11(17)15-7-2-4-12-10-13(5-6-14(12)15)18-9-3-8-16/h5-6,8,10H,2-4,7,9H2,1H3. The van der Waals surface area contributed by atoms with Gasteiger partial charge in [0.1, 0.15) is 6.29 Å². The fourth-order valence-electron chi connectivity index (χ4n) is 2.22. The molecule has 0 unspecified atom stereocenters. The lowest BCUT2D eigenvalue weighted by atomic mass is 10.0. The largest absolute Gasteiger partial charge is 0.312 e. The molecule has 0 fully saturated rings. The van der Waals surface area contributed by atoms with Crippen LogP contribution in [0.3, 0.4) is 0 Å². The van der Waals surface area contributed by atoms with Crippen LogP contribution >= 0.6 is 11.8 Å². The molecule has 1 aromatic carbocycles. The maximum atomic E-state index is 11.5. The van der Waals surface area contributed by atoms with Gasteiger partial charge in [0, 0.05) is 36.2 Å². The average Bonchev–Trinajstić information content (AvgIpc) is 2.38. The van der Waals surface area contributed by atoms with Crippen LogP contribution in [0.1, 0.15) is 25.3 Å². The minimum Gasteiger partial charge on any atom is -0.312 e. The number of fused-ring (bicyclic) bond motifs is 1. The van der Waals surface area contributed by atoms with Crippen molar-refractivity contribution >= 4 is 29.6 Å². The predicted octanol–water partition coefficient (Wildman–Crippen LogP) is 2.67. The first kappa shape index (κ1) is 13.1. The maximum absolute atomic E-state index is 11.5. The van der Waals surface area contributed by atoms with Gasteiger partial charge in [-0.25, -0.2) is 0 Å². The lowest BCUT2D eigenvalue weighted by Gasteiger charge is -2.28. The Kier molecular flexibility index (Phi) is 4.42. The minimum absolute atomic E-state index is 0.109. The first-order chi connectivity index (χ1) is 8.72. The first-order valence-corrected chi connectivity index (χ1v) is 7.18. The second kappa shape index (κ2) is 6.05. The molecular weight excluding hydrogens is 246 g/mol. The van der Waals surface area contributed by atoms with Crippen molar-refractivity contribution < 1.29 is 9.59 Å². The zero-order chi connectivity index (χ0) is 13.0. The summed E-state index contributed by atoms with van der Waals surface area (Å²) in [5, 5.41) is 0. The molecule has 0 bridgehead atoms. The molecule has 1 heterocycles. The highest BCUT2D eigenvalue weighted by molar-refractivity contribution is 7.99. The molecule has 0 N–H and O–H groups in total. The molecule has 1 aliphatic rings. The summed E-state index contributed by atoms with van der Waals surface area (Å²) in [6.45, 7) is 2.43. The number of aldehydes is 1. The van der Waals surface area contributed by atoms with Crippen LogP contribution in [0, 0.1) is 0 Å². The molecule has 1 amide bonds. The van der Waals surface area contributed by atoms with Crippen LogP contribution in [0.5, 0.6) is 0 Å². The average molecular weight is 263 g/mol. The maximum Gasteiger partial charge on any atom is 0.223 e. The molecule has 18 heavy (non-hydrogen) atoms. The van der Waals surface area contributed by atoms with Gasteiger partial charge in [0.2, 0.25) is 5.91 Å². The van der Waals surface area contributed by atoms with Crippen molar-refractivity contribution in [2.45, 2.75) is 31.1 Å². The van der Waals surface area contributed by atoms with Crippen LogP contribution in [0.2, 0.25) is 0 Å². The van der Waals surface area contributed by atoms with Crippen LogP contribution in [-0.4, -0.2) is 24.5 Å². The van der Waals surface area contributed by atoms with E-state index >= 15 is 0 Å². The van der Waals surface area contributed by atoms with E-state index in [0.717, 1.165) is 37.1 Å². The third-order valence-corrected chi connectivity index (χ3v) is 4.08. The zero-order valence-electron chi connectivity index (χ0n) is 10.5. The Morgan fingerprint density at radius 2 is 2.33 bits per heavy atom. The Morgan fingerprint density at radius 3 is 3.06 bits per heavy atom. The number of thioether (sulfide) groups is 1. The number of hydrogen-bond donors (Lipinski definition) is 0. The van der Waals surface area contributed by atoms with E-state index in [9.17, 15) is 9.59 Å². The van der Waals surface area contributed by atoms with Crippen LogP contribution in [0.25, 0.3) is 0 Å². The molecular formula is C14H17NO2S. The SMILES string of the molecule is CC(=O)N1CCCc2cc(SCCC=O)ccc21. The summed E-state index contributed by atoms with van der Waals surface area (Å²) in [5.41, 5.74) is 2.29. The van der Waals surface area contributed by atoms with E-state index in [-0.39, 0.29) is 5.91 Å². The van der Waals surface area contributed by atoms with Crippen molar-refractivity contribution in [1.82, 2.24) is 0 Å². The van der Waals surface area contributed by atoms with E-state index in [1.807, 2.05) is 17.0 Å². The Hall–Kier alpha value is -1.29. The number of carbonyl (C=O) groups is 2. The van der Waals surface area contributed by atoms with E-state index in [1.54, 1.807) is 18.7 Å². The van der Waals surface area contributed by atoms with Gasteiger partial charge in [-0.15, -0.1) is 11.8 Å². The molecule has 1 aromatic rings. The van der Waals surface area contributed by atoms with Crippen LogP contribution in [0.4, 0.5) is 5.69 Å². The molecule has 0 saturated carbocycles. The summed E-state index contributed by atoms with van der Waals surface area (Å²) in [7, 11) is 0. The fourth-order valence-corrected chi connectivity index (χ4v) is 3.05. The molecule has 4 heteroatoms. The van der Waals surface area contributed by atoms with Crippen molar-refractivity contribution in [1.29, 1.82) is 0 Å². The summed E-state index contributed by atoms with van der Waals surface area (Å²) < 4.78 is 0. The summed E-state index contributed by atoms with van der Waals surface area (Å²) in [6.07, 6.45) is 3.58. The van der Waals surface area contributed by atoms with Crippen LogP contribution in [0.15, 0.2) is 23.1 Å². The fraction of sp³-hybridized carbons (Fsp3) is 0.429. The summed E-state index contributed by atoms with van der Waals surface area (Å²) in [6, 6.07) is 6.22. The number of amides is 1. The molecule has 0 radical (unpaired) electrons. The number of carbonyl (C=O) groups excluding carboxylic acids is 2. The van der Waals surface area contributed by atoms with Gasteiger partial charge in [-0.1, -0.05) is 0 Å². The van der Waals surface area contributed by atoms with Crippen LogP contribution in [-0.2, 0) is 16.0 Å². The van der Waals surface area contributed by atoms with Crippen molar-refractivity contribution in [2.75, 3.05) is 17.2 Å². The molecule has 2 rings (SSSR count). The second-order valence-electron chi connectivity index (χ2n) is 4.37. The number of anilines is 1. The Morgan fingerprint density at radius 1 is 1.50 bits per heavy atom. The number of hydrogen-bond acceptors (Lipinski definition) is 3. The lowest BCUT2D eigenvalue weighted by molar-refractivity contribution is -0.116. The molecule has 0 atom stereocenters. The van der Waals surface area contributed by atoms with E-state index < -0.39 is 0 Å². The normalized spacial score (nSPS) is 14.2. The molecule has 3 nitrogen and oxygen atoms in total. The van der Waals surface area contributed by atoms with Crippen molar-refractivity contribution in [3.8, 4) is 0 Å². The van der Waals surface area contributed by atoms with E-state index in [4.69, 9.17) is 0 Å². The third-order valence-electron chi connectivity index (χ3n) is 3.05. The summed E-state index contributed by atoms with van der Waals surface area (Å²) >= 11 is 1.69. The van der Waals surface area contributed by atoms with E-state index in [0.29, 0.717) is 6.42 Å². The topological polar surface area (TPSA) is 37.4 Å². The summed E-state index contributed by atoms with van der Waals surface area (Å²) in [5.74, 6) is 0.927. The lowest BCUT2D eigenvalue weighted by Crippen LogP contribution is -2.33. The van der Waals surface area contributed by atoms with Gasteiger partial charge < -0.3 is 9.69 Å². The van der Waals surface area contributed by atoms with Crippen molar-refractivity contribution in [3.63, 3.8) is 0 Å². The van der Waals surface area contributed by atoms with Gasteiger partial charge in [-0.3, -0.25) is 4.79 Å². The number of benzene rings is 1. The highest BCUT2D eigenvalue weighted by atomic mass is 32.2. The van der Waals surface area contributed by atoms with Gasteiger partial charge >= 0.3 is 0 Å². The zero-order valence-corrected chi connectivity index (χ0v) is 11.3. The molecule has 0 aromatic heterocycles. The van der Waals surface area contributed by atoms with Gasteiger partial charge in [0.25, 0.3) is 0 Å². The van der Waals surface area contributed by atoms with E-state index in [2.05, 4.69) is 6.07 Å². The predicted molar refractivity (Wildman–Crippen MR) is 74.2 cm³/mol. The number of nitrogens with zero attached hydrogens (tertiary/aromatic N) is 1. The van der Waals surface area contributed by atoms with Gasteiger partial charge in [-0.2, -0.15) is 0 Å². The second-order valence-corrected chi connectivity index (χ2v) is 5.54. The number of aryl methyl sites for hydroxylation is 1. The van der Waals surface area contributed by atoms with Crippen LogP contribution < -0.4 is 4.90 Å². The highest BCUT2D eigenvalue weighted by Crippen LogP contribution is 2.31. The number of rotatable bonds is 4. The Labute approximate surface area is 112 Å². The van der Waals surface area contributed by atoms with Gasteiger partial charge in [-0.05, 0) is 36.6 Å². The minimum atomic E-state index is 0.109. The quantitative estimate of drug-likeness (QED) is 0.476. The first-order valence-electron chi connectivity index (χ1n) is 6.20. The molecule has 0 spiro atoms. The van der Waals surface area contributed by atoms with Gasteiger partial charge in [0.15, 0.2) is 0 Å². The molecule has 0 aliphatic carbocycles. The monoisotopic (exact) mass is 263 g/mol. The highest BCUT2D eigenvalue weighted by Gasteiger charge is 2.19. The van der Waals surface area contributed by atoms with Crippen molar-refractivity contribution in [2.24, 2.45) is 0 Å². The summed E-state index contributed by atoms with van der Waals surface area (Å²) in [4.78, 5) is 24.9. The third kappa shape index (κ3) is 2.93. The van der Waals surface area contributed by atoms with Crippen molar-refractivity contribution in [3.05, 3.63) is 23.8 Å². The smallest absolute Gasteiger partial charge is 0.223 e. The molecule has 1 aliphatic heterocycles. The Bertz CT molecular complexity index is 459. The Balaban J connectivity index is 2.16. The van der Waals surface area contributed by atoms with Gasteiger partial charge in [0.05, 0.1) is 0 Å². The molecule has 96 valence electrons. The molecule has 0 saturated heterocycles.